The van der Waals surface area contributed by atoms with Gasteiger partial charge in [-0.05, 0) is 23.3 Å². The van der Waals surface area contributed by atoms with E-state index in [9.17, 15) is 9.18 Å². The summed E-state index contributed by atoms with van der Waals surface area (Å²) in [6.45, 7) is 0.847. The molecule has 4 heteroatoms. The molecule has 102 valence electrons. The van der Waals surface area contributed by atoms with Gasteiger partial charge in [0.2, 0.25) is 0 Å². The molecule has 0 aliphatic carbocycles. The highest BCUT2D eigenvalue weighted by atomic mass is 19.1. The van der Waals surface area contributed by atoms with Crippen LogP contribution in [0.2, 0.25) is 0 Å². The summed E-state index contributed by atoms with van der Waals surface area (Å²) in [5, 5.41) is 0. The summed E-state index contributed by atoms with van der Waals surface area (Å²) in [5.74, 6) is -0.297. The van der Waals surface area contributed by atoms with Crippen LogP contribution in [-0.2, 0) is 11.3 Å². The molecule has 0 unspecified atom stereocenters. The zero-order chi connectivity index (χ0) is 13.9. The number of rotatable bonds is 3. The van der Waals surface area contributed by atoms with Crippen molar-refractivity contribution in [3.8, 4) is 0 Å². The van der Waals surface area contributed by atoms with Gasteiger partial charge in [-0.3, -0.25) is 4.90 Å². The van der Waals surface area contributed by atoms with E-state index in [0.717, 1.165) is 11.1 Å². The molecule has 0 spiro atoms. The quantitative estimate of drug-likeness (QED) is 0.854. The van der Waals surface area contributed by atoms with Crippen LogP contribution < -0.4 is 0 Å². The number of cyclic esters (lactones) is 1. The van der Waals surface area contributed by atoms with E-state index in [4.69, 9.17) is 4.74 Å². The van der Waals surface area contributed by atoms with Gasteiger partial charge in [-0.25, -0.2) is 9.18 Å². The van der Waals surface area contributed by atoms with Crippen LogP contribution in [0.15, 0.2) is 54.6 Å². The molecule has 0 bridgehead atoms. The van der Waals surface area contributed by atoms with Crippen LogP contribution in [0.5, 0.6) is 0 Å². The van der Waals surface area contributed by atoms with Gasteiger partial charge in [0, 0.05) is 6.54 Å². The first-order valence-corrected chi connectivity index (χ1v) is 6.47. The second-order valence-corrected chi connectivity index (χ2v) is 4.79. The Labute approximate surface area is 116 Å². The Bertz CT molecular complexity index is 615. The molecule has 1 aliphatic rings. The summed E-state index contributed by atoms with van der Waals surface area (Å²) in [7, 11) is 0. The average Bonchev–Trinajstić information content (AvgIpc) is 2.81. The highest BCUT2D eigenvalue weighted by molar-refractivity contribution is 5.70. The maximum Gasteiger partial charge on any atom is 0.410 e. The summed E-state index contributed by atoms with van der Waals surface area (Å²) < 4.78 is 18.5. The Morgan fingerprint density at radius 2 is 1.95 bits per heavy atom. The van der Waals surface area contributed by atoms with Gasteiger partial charge in [0.25, 0.3) is 0 Å². The van der Waals surface area contributed by atoms with Gasteiger partial charge >= 0.3 is 6.09 Å². The van der Waals surface area contributed by atoms with Crippen molar-refractivity contribution in [2.24, 2.45) is 0 Å². The molecule has 1 amide bonds. The molecule has 3 nitrogen and oxygen atoms in total. The van der Waals surface area contributed by atoms with Crippen molar-refractivity contribution in [2.45, 2.75) is 12.6 Å². The lowest BCUT2D eigenvalue weighted by Gasteiger charge is -2.12. The molecule has 1 atom stereocenters. The molecule has 3 rings (SSSR count). The van der Waals surface area contributed by atoms with Crippen LogP contribution in [-0.4, -0.2) is 17.5 Å². The normalized spacial score (nSPS) is 18.1. The van der Waals surface area contributed by atoms with E-state index in [1.165, 1.54) is 12.1 Å². The first-order valence-electron chi connectivity index (χ1n) is 6.47. The Hall–Kier alpha value is -2.36. The number of hydrogen-bond acceptors (Lipinski definition) is 2. The Balaban J connectivity index is 1.71. The van der Waals surface area contributed by atoms with Crippen LogP contribution in [0, 0.1) is 5.82 Å². The molecule has 0 saturated carbocycles. The minimum absolute atomic E-state index is 0.253. The SMILES string of the molecule is O=C1O[C@H](c2ccccc2)CN1Cc1cccc(F)c1. The number of halogens is 1. The molecule has 1 heterocycles. The molecule has 0 N–H and O–H groups in total. The fourth-order valence-electron chi connectivity index (χ4n) is 2.33. The van der Waals surface area contributed by atoms with Crippen molar-refractivity contribution in [1.29, 1.82) is 0 Å². The van der Waals surface area contributed by atoms with Gasteiger partial charge in [0.15, 0.2) is 0 Å². The third kappa shape index (κ3) is 2.64. The van der Waals surface area contributed by atoms with Crippen LogP contribution in [0.3, 0.4) is 0 Å². The van der Waals surface area contributed by atoms with Crippen molar-refractivity contribution >= 4 is 6.09 Å². The van der Waals surface area contributed by atoms with Crippen LogP contribution in [0.1, 0.15) is 17.2 Å². The van der Waals surface area contributed by atoms with Crippen LogP contribution in [0.25, 0.3) is 0 Å². The molecule has 1 aliphatic heterocycles. The predicted octanol–water partition coefficient (Wildman–Crippen LogP) is 3.52. The van der Waals surface area contributed by atoms with Crippen molar-refractivity contribution in [3.05, 3.63) is 71.5 Å². The lowest BCUT2D eigenvalue weighted by atomic mass is 10.1. The van der Waals surface area contributed by atoms with Crippen molar-refractivity contribution in [2.75, 3.05) is 6.54 Å². The standard InChI is InChI=1S/C16H14FNO2/c17-14-8-4-5-12(9-14)10-18-11-15(20-16(18)19)13-6-2-1-3-7-13/h1-9,15H,10-11H2/t15-/m0/s1. The van der Waals surface area contributed by atoms with Gasteiger partial charge in [0.05, 0.1) is 6.54 Å². The van der Waals surface area contributed by atoms with Crippen LogP contribution >= 0.6 is 0 Å². The van der Waals surface area contributed by atoms with Crippen molar-refractivity contribution in [1.82, 2.24) is 4.90 Å². The maximum absolute atomic E-state index is 13.1. The van der Waals surface area contributed by atoms with Gasteiger partial charge in [-0.1, -0.05) is 42.5 Å². The number of ether oxygens (including phenoxy) is 1. The van der Waals surface area contributed by atoms with E-state index >= 15 is 0 Å². The summed E-state index contributed by atoms with van der Waals surface area (Å²) in [4.78, 5) is 13.4. The smallest absolute Gasteiger partial charge is 0.410 e. The number of amides is 1. The monoisotopic (exact) mass is 271 g/mol. The lowest BCUT2D eigenvalue weighted by molar-refractivity contribution is 0.132. The van der Waals surface area contributed by atoms with Gasteiger partial charge in [-0.15, -0.1) is 0 Å². The molecule has 2 aromatic rings. The summed E-state index contributed by atoms with van der Waals surface area (Å²) in [6, 6.07) is 15.9. The average molecular weight is 271 g/mol. The third-order valence-electron chi connectivity index (χ3n) is 3.32. The summed E-state index contributed by atoms with van der Waals surface area (Å²) in [6.07, 6.45) is -0.611. The molecule has 2 aromatic carbocycles. The van der Waals surface area contributed by atoms with Gasteiger partial charge < -0.3 is 4.74 Å². The minimum atomic E-state index is -0.358. The van der Waals surface area contributed by atoms with E-state index in [-0.39, 0.29) is 18.0 Å². The van der Waals surface area contributed by atoms with Crippen LogP contribution in [0.4, 0.5) is 9.18 Å². The number of carbonyl (C=O) groups excluding carboxylic acids is 1. The summed E-state index contributed by atoms with van der Waals surface area (Å²) in [5.41, 5.74) is 1.73. The van der Waals surface area contributed by atoms with Gasteiger partial charge in [-0.2, -0.15) is 0 Å². The predicted molar refractivity (Wildman–Crippen MR) is 72.5 cm³/mol. The molecule has 0 aromatic heterocycles. The zero-order valence-electron chi connectivity index (χ0n) is 10.8. The molecule has 1 saturated heterocycles. The number of benzene rings is 2. The Morgan fingerprint density at radius 1 is 1.15 bits per heavy atom. The first-order chi connectivity index (χ1) is 9.72. The van der Waals surface area contributed by atoms with E-state index in [1.54, 1.807) is 17.0 Å². The topological polar surface area (TPSA) is 29.5 Å². The van der Waals surface area contributed by atoms with E-state index in [1.807, 2.05) is 30.3 Å². The molecule has 1 fully saturated rings. The van der Waals surface area contributed by atoms with Gasteiger partial charge in [0.1, 0.15) is 11.9 Å². The molecule has 0 radical (unpaired) electrons. The second kappa shape index (κ2) is 5.33. The first kappa shape index (κ1) is 12.7. The fourth-order valence-corrected chi connectivity index (χ4v) is 2.33. The number of hydrogen-bond donors (Lipinski definition) is 0. The largest absolute Gasteiger partial charge is 0.439 e. The third-order valence-corrected chi connectivity index (χ3v) is 3.32. The molecular formula is C16H14FNO2. The zero-order valence-corrected chi connectivity index (χ0v) is 10.8. The maximum atomic E-state index is 13.1. The van der Waals surface area contributed by atoms with Crippen molar-refractivity contribution in [3.63, 3.8) is 0 Å². The summed E-state index contributed by atoms with van der Waals surface area (Å²) >= 11 is 0. The Kier molecular flexibility index (Phi) is 3.37. The van der Waals surface area contributed by atoms with E-state index in [0.29, 0.717) is 13.1 Å². The Morgan fingerprint density at radius 3 is 2.70 bits per heavy atom. The lowest BCUT2D eigenvalue weighted by Crippen LogP contribution is -2.23. The number of carbonyl (C=O) groups is 1. The fraction of sp³-hybridized carbons (Fsp3) is 0.188. The van der Waals surface area contributed by atoms with E-state index in [2.05, 4.69) is 0 Å². The minimum Gasteiger partial charge on any atom is -0.439 e. The van der Waals surface area contributed by atoms with Crippen molar-refractivity contribution < 1.29 is 13.9 Å². The molecule has 20 heavy (non-hydrogen) atoms. The highest BCUT2D eigenvalue weighted by Gasteiger charge is 2.32. The van der Waals surface area contributed by atoms with E-state index < -0.39 is 0 Å². The molecular weight excluding hydrogens is 257 g/mol. The number of nitrogens with zero attached hydrogens (tertiary/aromatic N) is 1. The highest BCUT2D eigenvalue weighted by Crippen LogP contribution is 2.27. The second-order valence-electron chi connectivity index (χ2n) is 4.79.